The van der Waals surface area contributed by atoms with Crippen molar-refractivity contribution in [1.82, 2.24) is 0 Å². The number of aromatic hydroxyl groups is 2. The summed E-state index contributed by atoms with van der Waals surface area (Å²) in [5.74, 6) is -0.792. The molecule has 0 aliphatic rings. The molecule has 5 heteroatoms. The van der Waals surface area contributed by atoms with Gasteiger partial charge in [-0.25, -0.2) is 0 Å². The van der Waals surface area contributed by atoms with Gasteiger partial charge in [0.25, 0.3) is 0 Å². The summed E-state index contributed by atoms with van der Waals surface area (Å²) in [7, 11) is 0. The number of phenolic OH excluding ortho intramolecular Hbond substituents is 2. The van der Waals surface area contributed by atoms with Crippen LogP contribution in [0.25, 0.3) is 0 Å². The Balaban J connectivity index is 0.000000252. The van der Waals surface area contributed by atoms with E-state index in [1.165, 1.54) is 18.2 Å². The van der Waals surface area contributed by atoms with Crippen molar-refractivity contribution >= 4 is 5.97 Å². The van der Waals surface area contributed by atoms with Crippen LogP contribution in [-0.2, 0) is 4.79 Å². The van der Waals surface area contributed by atoms with E-state index >= 15 is 0 Å². The van der Waals surface area contributed by atoms with Crippen molar-refractivity contribution in [3.8, 4) is 11.5 Å². The molecule has 72 valence electrons. The van der Waals surface area contributed by atoms with E-state index in [0.29, 0.717) is 0 Å². The highest BCUT2D eigenvalue weighted by atomic mass is 16.4. The van der Waals surface area contributed by atoms with Crippen molar-refractivity contribution in [2.75, 3.05) is 6.54 Å². The van der Waals surface area contributed by atoms with Crippen molar-refractivity contribution in [1.29, 1.82) is 0 Å². The highest BCUT2D eigenvalue weighted by Gasteiger charge is 1.85. The minimum atomic E-state index is -0.968. The van der Waals surface area contributed by atoms with Crippen molar-refractivity contribution in [3.05, 3.63) is 24.3 Å². The molecule has 0 aliphatic carbocycles. The van der Waals surface area contributed by atoms with E-state index in [1.54, 1.807) is 6.07 Å². The first kappa shape index (κ1) is 11.2. The predicted molar refractivity (Wildman–Crippen MR) is 46.5 cm³/mol. The van der Waals surface area contributed by atoms with Gasteiger partial charge in [-0.15, -0.1) is 0 Å². The molecule has 0 bridgehead atoms. The molecule has 0 amide bonds. The van der Waals surface area contributed by atoms with Crippen LogP contribution < -0.4 is 5.73 Å². The van der Waals surface area contributed by atoms with Crippen LogP contribution in [0.2, 0.25) is 0 Å². The molecule has 0 saturated carbocycles. The molecule has 5 nitrogen and oxygen atoms in total. The summed E-state index contributed by atoms with van der Waals surface area (Å²) in [5.41, 5.74) is 4.57. The average Bonchev–Trinajstić information content (AvgIpc) is 2.05. The van der Waals surface area contributed by atoms with E-state index in [0.717, 1.165) is 0 Å². The Hall–Kier alpha value is -1.75. The molecule has 0 atom stereocenters. The molecule has 13 heavy (non-hydrogen) atoms. The largest absolute Gasteiger partial charge is 0.508 e. The van der Waals surface area contributed by atoms with Crippen LogP contribution in [-0.4, -0.2) is 27.8 Å². The lowest BCUT2D eigenvalue weighted by atomic mass is 10.3. The van der Waals surface area contributed by atoms with Gasteiger partial charge in [0.1, 0.15) is 11.5 Å². The quantitative estimate of drug-likeness (QED) is 0.497. The van der Waals surface area contributed by atoms with Gasteiger partial charge in [-0.2, -0.15) is 0 Å². The molecule has 5 N–H and O–H groups in total. The van der Waals surface area contributed by atoms with E-state index in [1.807, 2.05) is 0 Å². The fraction of sp³-hybridized carbons (Fsp3) is 0.125. The smallest absolute Gasteiger partial charge is 0.317 e. The highest BCUT2D eigenvalue weighted by molar-refractivity contribution is 5.68. The molecular formula is C8H11NO4. The van der Waals surface area contributed by atoms with Crippen LogP contribution in [0, 0.1) is 0 Å². The lowest BCUT2D eigenvalue weighted by molar-refractivity contribution is -0.135. The summed E-state index contributed by atoms with van der Waals surface area (Å²) >= 11 is 0. The standard InChI is InChI=1S/C6H6O2.C2H5NO2/c7-5-2-1-3-6(8)4-5;3-1-2(4)5/h1-4,7-8H;1,3H2,(H,4,5). The van der Waals surface area contributed by atoms with Gasteiger partial charge < -0.3 is 21.1 Å². The molecule has 0 radical (unpaired) electrons. The Morgan fingerprint density at radius 2 is 1.69 bits per heavy atom. The Morgan fingerprint density at radius 1 is 1.31 bits per heavy atom. The summed E-state index contributed by atoms with van der Waals surface area (Å²) in [5, 5.41) is 24.9. The number of phenols is 2. The van der Waals surface area contributed by atoms with Gasteiger partial charge in [0.15, 0.2) is 0 Å². The summed E-state index contributed by atoms with van der Waals surface area (Å²) in [6, 6.07) is 5.85. The maximum atomic E-state index is 9.24. The first-order valence-electron chi connectivity index (χ1n) is 3.46. The lowest BCUT2D eigenvalue weighted by Crippen LogP contribution is -2.10. The Kier molecular flexibility index (Phi) is 5.06. The second-order valence-electron chi connectivity index (χ2n) is 2.12. The fourth-order valence-corrected chi connectivity index (χ4v) is 0.493. The number of carboxylic acid groups (broad SMARTS) is 1. The van der Waals surface area contributed by atoms with Crippen molar-refractivity contribution in [2.24, 2.45) is 5.73 Å². The zero-order valence-corrected chi connectivity index (χ0v) is 6.84. The first-order valence-corrected chi connectivity index (χ1v) is 3.46. The SMILES string of the molecule is NCC(=O)O.Oc1cccc(O)c1. The van der Waals surface area contributed by atoms with Crippen molar-refractivity contribution in [3.63, 3.8) is 0 Å². The predicted octanol–water partition coefficient (Wildman–Crippen LogP) is 0.127. The molecule has 1 rings (SSSR count). The first-order chi connectivity index (χ1) is 6.06. The van der Waals surface area contributed by atoms with Gasteiger partial charge in [0, 0.05) is 6.07 Å². The Morgan fingerprint density at radius 3 is 1.85 bits per heavy atom. The monoisotopic (exact) mass is 185 g/mol. The Labute approximate surface area is 75.1 Å². The van der Waals surface area contributed by atoms with E-state index in [-0.39, 0.29) is 18.0 Å². The zero-order chi connectivity index (χ0) is 10.3. The van der Waals surface area contributed by atoms with Gasteiger partial charge in [-0.05, 0) is 12.1 Å². The zero-order valence-electron chi connectivity index (χ0n) is 6.84. The van der Waals surface area contributed by atoms with Crippen LogP contribution in [0.5, 0.6) is 11.5 Å². The highest BCUT2D eigenvalue weighted by Crippen LogP contribution is 2.14. The Bertz CT molecular complexity index is 257. The summed E-state index contributed by atoms with van der Waals surface area (Å²) in [4.78, 5) is 9.24. The molecular weight excluding hydrogens is 174 g/mol. The molecule has 0 saturated heterocycles. The summed E-state index contributed by atoms with van der Waals surface area (Å²) < 4.78 is 0. The third kappa shape index (κ3) is 6.64. The van der Waals surface area contributed by atoms with Crippen molar-refractivity contribution in [2.45, 2.75) is 0 Å². The molecule has 0 aromatic heterocycles. The molecule has 1 aromatic rings. The maximum absolute atomic E-state index is 9.24. The van der Waals surface area contributed by atoms with E-state index in [4.69, 9.17) is 15.3 Å². The van der Waals surface area contributed by atoms with Crippen LogP contribution >= 0.6 is 0 Å². The fourth-order valence-electron chi connectivity index (χ4n) is 0.493. The maximum Gasteiger partial charge on any atom is 0.317 e. The molecule has 1 aromatic carbocycles. The van der Waals surface area contributed by atoms with Crippen LogP contribution in [0.15, 0.2) is 24.3 Å². The molecule has 0 heterocycles. The van der Waals surface area contributed by atoms with E-state index < -0.39 is 5.97 Å². The van der Waals surface area contributed by atoms with Crippen molar-refractivity contribution < 1.29 is 20.1 Å². The molecule has 0 fully saturated rings. The number of hydrogen-bond acceptors (Lipinski definition) is 4. The lowest BCUT2D eigenvalue weighted by Gasteiger charge is -1.89. The summed E-state index contributed by atoms with van der Waals surface area (Å²) in [6.45, 7) is -0.278. The number of rotatable bonds is 1. The van der Waals surface area contributed by atoms with Crippen LogP contribution in [0.1, 0.15) is 0 Å². The van der Waals surface area contributed by atoms with E-state index in [2.05, 4.69) is 5.73 Å². The van der Waals surface area contributed by atoms with E-state index in [9.17, 15) is 4.79 Å². The minimum Gasteiger partial charge on any atom is -0.508 e. The van der Waals surface area contributed by atoms with Crippen LogP contribution in [0.3, 0.4) is 0 Å². The number of aliphatic carboxylic acids is 1. The normalized spacial score (nSPS) is 8.38. The van der Waals surface area contributed by atoms with Gasteiger partial charge in [0.05, 0.1) is 6.54 Å². The van der Waals surface area contributed by atoms with Crippen LogP contribution in [0.4, 0.5) is 0 Å². The number of nitrogens with two attached hydrogens (primary N) is 1. The second-order valence-corrected chi connectivity index (χ2v) is 2.12. The molecule has 0 unspecified atom stereocenters. The summed E-state index contributed by atoms with van der Waals surface area (Å²) in [6.07, 6.45) is 0. The number of benzene rings is 1. The van der Waals surface area contributed by atoms with Gasteiger partial charge in [0.2, 0.25) is 0 Å². The minimum absolute atomic E-state index is 0.0880. The van der Waals surface area contributed by atoms with Gasteiger partial charge >= 0.3 is 5.97 Å². The third-order valence-corrected chi connectivity index (χ3v) is 1.00. The number of carbonyl (C=O) groups is 1. The third-order valence-electron chi connectivity index (χ3n) is 1.00. The average molecular weight is 185 g/mol. The number of carboxylic acids is 1. The van der Waals surface area contributed by atoms with Gasteiger partial charge in [-0.1, -0.05) is 6.07 Å². The number of hydrogen-bond donors (Lipinski definition) is 4. The topological polar surface area (TPSA) is 104 Å². The molecule has 0 aliphatic heterocycles. The molecule has 0 spiro atoms. The van der Waals surface area contributed by atoms with Gasteiger partial charge in [-0.3, -0.25) is 4.79 Å². The second kappa shape index (κ2) is 5.84.